The first-order valence-electron chi connectivity index (χ1n) is 18.6. The number of hydrogen-bond acceptors (Lipinski definition) is 3. The molecule has 0 radical (unpaired) electrons. The normalized spacial score (nSPS) is 11.6. The van der Waals surface area contributed by atoms with Crippen LogP contribution in [0.25, 0.3) is 109 Å². The summed E-state index contributed by atoms with van der Waals surface area (Å²) in [6, 6.07) is 67.7. The van der Waals surface area contributed by atoms with Crippen molar-refractivity contribution in [3.8, 4) is 55.8 Å². The van der Waals surface area contributed by atoms with Gasteiger partial charge in [0.1, 0.15) is 0 Å². The fraction of sp³-hybridized carbons (Fsp3) is 0. The van der Waals surface area contributed by atoms with E-state index in [1.54, 1.807) is 0 Å². The second-order valence-electron chi connectivity index (χ2n) is 14.2. The largest absolute Gasteiger partial charge is 0.252 e. The Morgan fingerprint density at radius 2 is 0.818 bits per heavy atom. The summed E-state index contributed by atoms with van der Waals surface area (Å²) in [6.07, 6.45) is 1.98. The van der Waals surface area contributed by atoms with E-state index in [-0.39, 0.29) is 0 Å². The van der Waals surface area contributed by atoms with E-state index < -0.39 is 0 Å². The molecule has 0 aliphatic rings. The summed E-state index contributed by atoms with van der Waals surface area (Å²) in [4.78, 5) is 10.7. The average molecular weight is 717 g/mol. The topological polar surface area (TPSA) is 25.8 Å². The summed E-state index contributed by atoms with van der Waals surface area (Å²) in [6.45, 7) is 0. The molecule has 0 amide bonds. The average Bonchev–Trinajstić information content (AvgIpc) is 3.65. The monoisotopic (exact) mass is 716 g/mol. The molecule has 2 nitrogen and oxygen atoms in total. The molecule has 0 atom stereocenters. The third kappa shape index (κ3) is 5.40. The summed E-state index contributed by atoms with van der Waals surface area (Å²) in [7, 11) is 0. The zero-order valence-electron chi connectivity index (χ0n) is 29.8. The van der Waals surface area contributed by atoms with Crippen molar-refractivity contribution in [2.75, 3.05) is 0 Å². The third-order valence-corrected chi connectivity index (χ3v) is 12.1. The van der Waals surface area contributed by atoms with Crippen LogP contribution in [-0.4, -0.2) is 9.97 Å². The van der Waals surface area contributed by atoms with Crippen molar-refractivity contribution in [2.45, 2.75) is 0 Å². The van der Waals surface area contributed by atoms with Crippen LogP contribution in [0.4, 0.5) is 0 Å². The molecule has 2 heterocycles. The van der Waals surface area contributed by atoms with Crippen LogP contribution >= 0.6 is 11.3 Å². The lowest BCUT2D eigenvalue weighted by atomic mass is 9.94. The Labute approximate surface area is 322 Å². The molecule has 256 valence electrons. The quantitative estimate of drug-likeness (QED) is 0.166. The maximum Gasteiger partial charge on any atom is 0.0979 e. The highest BCUT2D eigenvalue weighted by Gasteiger charge is 2.18. The molecular weight excluding hydrogens is 685 g/mol. The number of nitrogens with zero attached hydrogens (tertiary/aromatic N) is 2. The molecule has 0 bridgehead atoms. The van der Waals surface area contributed by atoms with Crippen LogP contribution < -0.4 is 0 Å². The number of rotatable bonds is 5. The Morgan fingerprint density at radius 3 is 1.45 bits per heavy atom. The summed E-state index contributed by atoms with van der Waals surface area (Å²) in [5.41, 5.74) is 13.4. The zero-order valence-corrected chi connectivity index (χ0v) is 30.6. The van der Waals surface area contributed by atoms with Crippen LogP contribution in [-0.2, 0) is 0 Å². The molecule has 0 saturated heterocycles. The summed E-state index contributed by atoms with van der Waals surface area (Å²) < 4.78 is 2.46. The van der Waals surface area contributed by atoms with Crippen molar-refractivity contribution in [3.05, 3.63) is 194 Å². The van der Waals surface area contributed by atoms with Gasteiger partial charge < -0.3 is 0 Å². The standard InChI is InChI=1S/C52H32N2S/c1-3-13-33(14-4-1)35-17-11-19-37(27-35)39-25-26-49-45(29-39)46-30-40(38-20-12-18-36(28-38)34-15-5-2-6-16-34)31-47(52(46)55-49)48-32-53-50-43-23-9-7-21-41(43)42-22-8-10-24-44(42)51(50)54-48/h1-32H. The van der Waals surface area contributed by atoms with Gasteiger partial charge in [0.15, 0.2) is 0 Å². The van der Waals surface area contributed by atoms with Gasteiger partial charge in [-0.2, -0.15) is 0 Å². The first-order valence-corrected chi connectivity index (χ1v) is 19.5. The molecule has 0 unspecified atom stereocenters. The molecular formula is C52H32N2S. The molecule has 0 N–H and O–H groups in total. The van der Waals surface area contributed by atoms with Crippen LogP contribution in [0, 0.1) is 0 Å². The van der Waals surface area contributed by atoms with Crippen molar-refractivity contribution < 1.29 is 0 Å². The molecule has 55 heavy (non-hydrogen) atoms. The van der Waals surface area contributed by atoms with E-state index in [4.69, 9.17) is 9.97 Å². The molecule has 11 aromatic rings. The number of fused-ring (bicyclic) bond motifs is 9. The number of hydrogen-bond donors (Lipinski definition) is 0. The molecule has 9 aromatic carbocycles. The molecule has 11 rings (SSSR count). The van der Waals surface area contributed by atoms with Crippen LogP contribution in [0.1, 0.15) is 0 Å². The van der Waals surface area contributed by atoms with E-state index >= 15 is 0 Å². The minimum atomic E-state index is 0.876. The fourth-order valence-electron chi connectivity index (χ4n) is 8.19. The van der Waals surface area contributed by atoms with Crippen molar-refractivity contribution in [1.82, 2.24) is 9.97 Å². The molecule has 2 aromatic heterocycles. The van der Waals surface area contributed by atoms with Gasteiger partial charge in [-0.25, -0.2) is 4.98 Å². The maximum absolute atomic E-state index is 5.49. The van der Waals surface area contributed by atoms with Gasteiger partial charge in [-0.05, 0) is 91.7 Å². The Morgan fingerprint density at radius 1 is 0.327 bits per heavy atom. The highest BCUT2D eigenvalue weighted by Crippen LogP contribution is 2.45. The maximum atomic E-state index is 5.49. The second kappa shape index (κ2) is 12.9. The Balaban J connectivity index is 1.15. The van der Waals surface area contributed by atoms with Gasteiger partial charge in [0.2, 0.25) is 0 Å². The molecule has 3 heteroatoms. The van der Waals surface area contributed by atoms with E-state index in [0.717, 1.165) is 38.6 Å². The van der Waals surface area contributed by atoms with Crippen molar-refractivity contribution in [3.63, 3.8) is 0 Å². The molecule has 0 spiro atoms. The minimum absolute atomic E-state index is 0.876. The van der Waals surface area contributed by atoms with E-state index in [1.807, 2.05) is 17.5 Å². The van der Waals surface area contributed by atoms with E-state index in [1.165, 1.54) is 69.9 Å². The molecule has 0 saturated carbocycles. The van der Waals surface area contributed by atoms with Crippen LogP contribution in [0.3, 0.4) is 0 Å². The number of aromatic nitrogens is 2. The first kappa shape index (κ1) is 31.6. The van der Waals surface area contributed by atoms with E-state index in [9.17, 15) is 0 Å². The predicted molar refractivity (Wildman–Crippen MR) is 235 cm³/mol. The van der Waals surface area contributed by atoms with Crippen LogP contribution in [0.5, 0.6) is 0 Å². The number of thiophene rings is 1. The van der Waals surface area contributed by atoms with Gasteiger partial charge in [0.05, 0.1) is 22.9 Å². The van der Waals surface area contributed by atoms with Crippen molar-refractivity contribution in [1.29, 1.82) is 0 Å². The van der Waals surface area contributed by atoms with Crippen LogP contribution in [0.15, 0.2) is 194 Å². The lowest BCUT2D eigenvalue weighted by Crippen LogP contribution is -1.93. The van der Waals surface area contributed by atoms with Crippen LogP contribution in [0.2, 0.25) is 0 Å². The van der Waals surface area contributed by atoms with Gasteiger partial charge in [0, 0.05) is 36.5 Å². The highest BCUT2D eigenvalue weighted by atomic mass is 32.1. The SMILES string of the molecule is c1ccc(-c2cccc(-c3ccc4sc5c(-c6cnc7c8ccccc8c8ccccc8c7n6)cc(-c6cccc(-c7ccccc7)c6)cc5c4c3)c2)cc1. The van der Waals surface area contributed by atoms with E-state index in [2.05, 4.69) is 188 Å². The lowest BCUT2D eigenvalue weighted by Gasteiger charge is -2.12. The zero-order chi connectivity index (χ0) is 36.3. The van der Waals surface area contributed by atoms with Gasteiger partial charge in [-0.3, -0.25) is 4.98 Å². The second-order valence-corrected chi connectivity index (χ2v) is 15.2. The predicted octanol–water partition coefficient (Wildman–Crippen LogP) is 14.6. The summed E-state index contributed by atoms with van der Waals surface area (Å²) >= 11 is 1.83. The van der Waals surface area contributed by atoms with Gasteiger partial charge >= 0.3 is 0 Å². The van der Waals surface area contributed by atoms with Gasteiger partial charge in [-0.15, -0.1) is 11.3 Å². The van der Waals surface area contributed by atoms with Gasteiger partial charge in [-0.1, -0.05) is 152 Å². The van der Waals surface area contributed by atoms with Crippen molar-refractivity contribution in [2.24, 2.45) is 0 Å². The van der Waals surface area contributed by atoms with Gasteiger partial charge in [0.25, 0.3) is 0 Å². The highest BCUT2D eigenvalue weighted by molar-refractivity contribution is 7.26. The van der Waals surface area contributed by atoms with Crippen molar-refractivity contribution >= 4 is 64.1 Å². The lowest BCUT2D eigenvalue weighted by molar-refractivity contribution is 1.31. The third-order valence-electron chi connectivity index (χ3n) is 10.9. The number of benzene rings is 9. The summed E-state index contributed by atoms with van der Waals surface area (Å²) in [5.74, 6) is 0. The smallest absolute Gasteiger partial charge is 0.0979 e. The molecule has 0 aliphatic heterocycles. The molecule has 0 fully saturated rings. The Hall–Kier alpha value is -6.94. The van der Waals surface area contributed by atoms with E-state index in [0.29, 0.717) is 0 Å². The molecule has 0 aliphatic carbocycles. The first-order chi connectivity index (χ1) is 27.2. The minimum Gasteiger partial charge on any atom is -0.252 e. The summed E-state index contributed by atoms with van der Waals surface area (Å²) in [5, 5.41) is 7.10. The Bertz CT molecular complexity index is 3220. The fourth-order valence-corrected chi connectivity index (χ4v) is 9.37. The Kier molecular flexibility index (Phi) is 7.39.